The minimum absolute atomic E-state index is 0.0355. The molecule has 0 bridgehead atoms. The Hall–Kier alpha value is -4.04. The van der Waals surface area contributed by atoms with Crippen molar-refractivity contribution in [1.82, 2.24) is 16.0 Å². The van der Waals surface area contributed by atoms with Crippen LogP contribution in [0.25, 0.3) is 0 Å². The van der Waals surface area contributed by atoms with Gasteiger partial charge in [0.1, 0.15) is 24.2 Å². The van der Waals surface area contributed by atoms with E-state index in [4.69, 9.17) is 17.2 Å². The molecule has 5 atom stereocenters. The third-order valence-corrected chi connectivity index (χ3v) is 5.07. The van der Waals surface area contributed by atoms with Crippen molar-refractivity contribution in [1.29, 1.82) is 0 Å². The Morgan fingerprint density at radius 3 is 1.86 bits per heavy atom. The Balaban J connectivity index is 3.10. The lowest BCUT2D eigenvalue weighted by atomic mass is 10.0. The van der Waals surface area contributed by atoms with Gasteiger partial charge in [0.05, 0.1) is 12.5 Å². The topological polar surface area (TPSA) is 257 Å². The van der Waals surface area contributed by atoms with Gasteiger partial charge < -0.3 is 43.4 Å². The molecule has 0 aliphatic heterocycles. The molecule has 0 fully saturated rings. The van der Waals surface area contributed by atoms with E-state index in [0.29, 0.717) is 5.56 Å². The van der Waals surface area contributed by atoms with E-state index in [1.165, 1.54) is 6.92 Å². The number of aliphatic hydroxyl groups excluding tert-OH is 1. The molecule has 0 aliphatic rings. The highest BCUT2D eigenvalue weighted by Crippen LogP contribution is 2.06. The standard InChI is InChI=1S/C22H32N6O8/c1-11(29)18(25)21(34)28-14(9-12-5-3-2-4-6-12)19(32)27-15(10-17(24)31)20(33)26-13(22(35)36)7-8-16(23)30/h2-6,11,13-15,18,29H,7-10,25H2,1H3,(H2,23,30)(H2,24,31)(H,26,33)(H,27,32)(H,28,34)(H,35,36). The van der Waals surface area contributed by atoms with E-state index in [9.17, 15) is 39.0 Å². The lowest BCUT2D eigenvalue weighted by Gasteiger charge is -2.25. The monoisotopic (exact) mass is 508 g/mol. The van der Waals surface area contributed by atoms with Crippen LogP contribution in [0.15, 0.2) is 30.3 Å². The summed E-state index contributed by atoms with van der Waals surface area (Å²) in [6, 6.07) is 2.78. The Bertz CT molecular complexity index is 955. The molecule has 36 heavy (non-hydrogen) atoms. The highest BCUT2D eigenvalue weighted by molar-refractivity contribution is 5.96. The van der Waals surface area contributed by atoms with E-state index in [1.54, 1.807) is 30.3 Å². The Morgan fingerprint density at radius 1 is 0.833 bits per heavy atom. The minimum atomic E-state index is -1.59. The number of aliphatic carboxylic acids is 1. The van der Waals surface area contributed by atoms with Gasteiger partial charge in [-0.1, -0.05) is 30.3 Å². The summed E-state index contributed by atoms with van der Waals surface area (Å²) in [7, 11) is 0. The molecule has 0 spiro atoms. The molecule has 0 heterocycles. The molecule has 14 nitrogen and oxygen atoms in total. The summed E-state index contributed by atoms with van der Waals surface area (Å²) in [5.41, 5.74) is 16.5. The second-order valence-electron chi connectivity index (χ2n) is 8.15. The number of hydrogen-bond donors (Lipinski definition) is 8. The zero-order valence-electron chi connectivity index (χ0n) is 19.7. The van der Waals surface area contributed by atoms with Gasteiger partial charge in [0.15, 0.2) is 0 Å². The van der Waals surface area contributed by atoms with Gasteiger partial charge in [-0.05, 0) is 18.9 Å². The first kappa shape index (κ1) is 30.0. The Kier molecular flexibility index (Phi) is 12.0. The number of carboxylic acid groups (broad SMARTS) is 1. The molecule has 0 aromatic heterocycles. The van der Waals surface area contributed by atoms with Crippen LogP contribution in [0.1, 0.15) is 31.7 Å². The first-order chi connectivity index (χ1) is 16.8. The van der Waals surface area contributed by atoms with Crippen molar-refractivity contribution in [3.05, 3.63) is 35.9 Å². The van der Waals surface area contributed by atoms with Crippen LogP contribution in [0.5, 0.6) is 0 Å². The molecule has 0 saturated carbocycles. The van der Waals surface area contributed by atoms with Gasteiger partial charge in [-0.2, -0.15) is 0 Å². The predicted octanol–water partition coefficient (Wildman–Crippen LogP) is -3.38. The largest absolute Gasteiger partial charge is 0.480 e. The molecule has 0 saturated heterocycles. The Morgan fingerprint density at radius 2 is 1.36 bits per heavy atom. The van der Waals surface area contributed by atoms with Crippen LogP contribution < -0.4 is 33.2 Å². The van der Waals surface area contributed by atoms with Gasteiger partial charge in [0.2, 0.25) is 29.5 Å². The first-order valence-corrected chi connectivity index (χ1v) is 11.0. The third-order valence-electron chi connectivity index (χ3n) is 5.07. The van der Waals surface area contributed by atoms with Crippen molar-refractivity contribution in [3.8, 4) is 0 Å². The number of nitrogens with one attached hydrogen (secondary N) is 3. The zero-order valence-corrected chi connectivity index (χ0v) is 19.7. The highest BCUT2D eigenvalue weighted by Gasteiger charge is 2.32. The van der Waals surface area contributed by atoms with Crippen LogP contribution in [0.3, 0.4) is 0 Å². The number of rotatable bonds is 15. The van der Waals surface area contributed by atoms with Gasteiger partial charge in [-0.25, -0.2) is 4.79 Å². The molecular formula is C22H32N6O8. The van der Waals surface area contributed by atoms with Crippen molar-refractivity contribution in [2.45, 2.75) is 62.9 Å². The maximum atomic E-state index is 13.1. The number of benzene rings is 1. The number of amides is 5. The fourth-order valence-electron chi connectivity index (χ4n) is 3.05. The fourth-order valence-corrected chi connectivity index (χ4v) is 3.05. The molecule has 198 valence electrons. The van der Waals surface area contributed by atoms with Crippen molar-refractivity contribution in [2.75, 3.05) is 0 Å². The van der Waals surface area contributed by atoms with Gasteiger partial charge in [-0.15, -0.1) is 0 Å². The number of primary amides is 2. The van der Waals surface area contributed by atoms with Crippen LogP contribution in [0.2, 0.25) is 0 Å². The molecule has 1 rings (SSSR count). The normalized spacial score (nSPS) is 14.9. The summed E-state index contributed by atoms with van der Waals surface area (Å²) in [6.07, 6.45) is -2.59. The van der Waals surface area contributed by atoms with Crippen LogP contribution in [0, 0.1) is 0 Å². The van der Waals surface area contributed by atoms with Crippen LogP contribution in [-0.2, 0) is 35.2 Å². The summed E-state index contributed by atoms with van der Waals surface area (Å²) in [4.78, 5) is 72.1. The molecule has 5 amide bonds. The molecule has 5 unspecified atom stereocenters. The van der Waals surface area contributed by atoms with E-state index in [2.05, 4.69) is 16.0 Å². The average molecular weight is 509 g/mol. The van der Waals surface area contributed by atoms with Crippen molar-refractivity contribution in [3.63, 3.8) is 0 Å². The summed E-state index contributed by atoms with van der Waals surface area (Å²) in [5.74, 6) is -6.00. The van der Waals surface area contributed by atoms with Gasteiger partial charge in [0.25, 0.3) is 0 Å². The van der Waals surface area contributed by atoms with Crippen molar-refractivity contribution < 1.29 is 39.0 Å². The molecular weight excluding hydrogens is 476 g/mol. The average Bonchev–Trinajstić information content (AvgIpc) is 2.79. The summed E-state index contributed by atoms with van der Waals surface area (Å²) in [5, 5.41) is 25.7. The quantitative estimate of drug-likeness (QED) is 0.117. The lowest BCUT2D eigenvalue weighted by Crippen LogP contribution is -2.59. The van der Waals surface area contributed by atoms with Crippen molar-refractivity contribution in [2.24, 2.45) is 17.2 Å². The minimum Gasteiger partial charge on any atom is -0.480 e. The summed E-state index contributed by atoms with van der Waals surface area (Å²) >= 11 is 0. The zero-order chi connectivity index (χ0) is 27.4. The number of hydrogen-bond acceptors (Lipinski definition) is 8. The van der Waals surface area contributed by atoms with E-state index >= 15 is 0 Å². The molecule has 0 aliphatic carbocycles. The van der Waals surface area contributed by atoms with Crippen molar-refractivity contribution >= 4 is 35.5 Å². The number of carbonyl (C=O) groups excluding carboxylic acids is 5. The fraction of sp³-hybridized carbons (Fsp3) is 0.455. The molecule has 11 N–H and O–H groups in total. The van der Waals surface area contributed by atoms with Gasteiger partial charge in [0, 0.05) is 12.8 Å². The SMILES string of the molecule is CC(O)C(N)C(=O)NC(Cc1ccccc1)C(=O)NC(CC(N)=O)C(=O)NC(CCC(N)=O)C(=O)O. The van der Waals surface area contributed by atoms with E-state index in [-0.39, 0.29) is 19.3 Å². The van der Waals surface area contributed by atoms with E-state index < -0.39 is 72.2 Å². The number of nitrogens with two attached hydrogens (primary N) is 3. The van der Waals surface area contributed by atoms with Crippen LogP contribution in [0.4, 0.5) is 0 Å². The maximum absolute atomic E-state index is 13.1. The second kappa shape index (κ2) is 14.4. The summed E-state index contributed by atoms with van der Waals surface area (Å²) in [6.45, 7) is 1.29. The second-order valence-corrected chi connectivity index (χ2v) is 8.15. The van der Waals surface area contributed by atoms with E-state index in [1.807, 2.05) is 0 Å². The highest BCUT2D eigenvalue weighted by atomic mass is 16.4. The number of aliphatic hydroxyl groups is 1. The summed E-state index contributed by atoms with van der Waals surface area (Å²) < 4.78 is 0. The van der Waals surface area contributed by atoms with Gasteiger partial charge in [-0.3, -0.25) is 24.0 Å². The third kappa shape index (κ3) is 10.5. The molecule has 1 aromatic carbocycles. The molecule has 1 aromatic rings. The van der Waals surface area contributed by atoms with Crippen LogP contribution in [-0.4, -0.2) is 76.0 Å². The smallest absolute Gasteiger partial charge is 0.326 e. The number of carbonyl (C=O) groups is 6. The lowest BCUT2D eigenvalue weighted by molar-refractivity contribution is -0.142. The predicted molar refractivity (Wildman–Crippen MR) is 125 cm³/mol. The maximum Gasteiger partial charge on any atom is 0.326 e. The first-order valence-electron chi connectivity index (χ1n) is 11.0. The molecule has 0 radical (unpaired) electrons. The Labute approximate surface area is 206 Å². The van der Waals surface area contributed by atoms with E-state index in [0.717, 1.165) is 0 Å². The molecule has 14 heteroatoms. The van der Waals surface area contributed by atoms with Gasteiger partial charge >= 0.3 is 5.97 Å². The van der Waals surface area contributed by atoms with Crippen LogP contribution >= 0.6 is 0 Å². The number of carboxylic acids is 1.